The lowest BCUT2D eigenvalue weighted by atomic mass is 10.1. The Morgan fingerprint density at radius 2 is 1.68 bits per heavy atom. The molecule has 4 heteroatoms. The van der Waals surface area contributed by atoms with E-state index in [0.29, 0.717) is 0 Å². The van der Waals surface area contributed by atoms with E-state index in [-0.39, 0.29) is 5.91 Å². The van der Waals surface area contributed by atoms with Crippen molar-refractivity contribution in [3.05, 3.63) is 65.7 Å². The molecule has 0 aromatic heterocycles. The number of hydrogen-bond acceptors (Lipinski definition) is 3. The molecule has 2 aromatic rings. The Balaban J connectivity index is 1.60. The molecule has 1 fully saturated rings. The fourth-order valence-electron chi connectivity index (χ4n) is 2.51. The highest BCUT2D eigenvalue weighted by Crippen LogP contribution is 2.13. The van der Waals surface area contributed by atoms with Gasteiger partial charge in [0.15, 0.2) is 0 Å². The van der Waals surface area contributed by atoms with E-state index in [1.165, 1.54) is 0 Å². The summed E-state index contributed by atoms with van der Waals surface area (Å²) in [5.41, 5.74) is 5.62. The summed E-state index contributed by atoms with van der Waals surface area (Å²) in [6.07, 6.45) is 3.97. The minimum absolute atomic E-state index is 0.128. The van der Waals surface area contributed by atoms with Crippen LogP contribution in [0.25, 0.3) is 0 Å². The van der Waals surface area contributed by atoms with E-state index < -0.39 is 0 Å². The number of nitrogens with zero attached hydrogens (tertiary/aromatic N) is 2. The van der Waals surface area contributed by atoms with Crippen molar-refractivity contribution in [3.8, 4) is 0 Å². The fraction of sp³-hybridized carbons (Fsp3) is 0.222. The number of likely N-dealkylation sites (tertiary alicyclic amines) is 1. The van der Waals surface area contributed by atoms with Gasteiger partial charge in [0.1, 0.15) is 0 Å². The number of nitrogens with one attached hydrogen (secondary N) is 1. The van der Waals surface area contributed by atoms with Gasteiger partial charge in [0.05, 0.1) is 11.9 Å². The van der Waals surface area contributed by atoms with Crippen LogP contribution in [-0.2, 0) is 0 Å². The predicted octanol–water partition coefficient (Wildman–Crippen LogP) is 3.37. The average molecular weight is 293 g/mol. The van der Waals surface area contributed by atoms with E-state index in [9.17, 15) is 4.79 Å². The standard InChI is InChI=1S/C18H19N3O/c22-18(21-12-4-5-13-21)16-10-8-15(9-11-16)14-19-20-17-6-2-1-3-7-17/h1-3,6-11,14,20H,4-5,12-13H2. The number of para-hydroxylation sites is 1. The molecule has 3 rings (SSSR count). The normalized spacial score (nSPS) is 14.5. The zero-order valence-corrected chi connectivity index (χ0v) is 12.4. The zero-order valence-electron chi connectivity index (χ0n) is 12.4. The topological polar surface area (TPSA) is 44.7 Å². The Morgan fingerprint density at radius 1 is 1.00 bits per heavy atom. The number of benzene rings is 2. The molecular formula is C18H19N3O. The summed E-state index contributed by atoms with van der Waals surface area (Å²) >= 11 is 0. The van der Waals surface area contributed by atoms with Gasteiger partial charge in [-0.15, -0.1) is 0 Å². The van der Waals surface area contributed by atoms with Crippen molar-refractivity contribution in [2.45, 2.75) is 12.8 Å². The number of anilines is 1. The van der Waals surface area contributed by atoms with Crippen LogP contribution in [-0.4, -0.2) is 30.1 Å². The molecule has 0 atom stereocenters. The molecular weight excluding hydrogens is 274 g/mol. The van der Waals surface area contributed by atoms with Crippen molar-refractivity contribution in [1.82, 2.24) is 4.90 Å². The van der Waals surface area contributed by atoms with Crippen LogP contribution < -0.4 is 5.43 Å². The first-order valence-corrected chi connectivity index (χ1v) is 7.56. The van der Waals surface area contributed by atoms with Crippen molar-refractivity contribution < 1.29 is 4.79 Å². The quantitative estimate of drug-likeness (QED) is 0.694. The van der Waals surface area contributed by atoms with Crippen molar-refractivity contribution in [2.75, 3.05) is 18.5 Å². The molecule has 1 aliphatic rings. The first-order chi connectivity index (χ1) is 10.8. The molecule has 1 heterocycles. The van der Waals surface area contributed by atoms with Gasteiger partial charge in [-0.2, -0.15) is 5.10 Å². The first kappa shape index (κ1) is 14.3. The maximum atomic E-state index is 12.2. The van der Waals surface area contributed by atoms with Gasteiger partial charge < -0.3 is 4.90 Å². The minimum atomic E-state index is 0.128. The Labute approximate surface area is 130 Å². The second-order valence-corrected chi connectivity index (χ2v) is 5.36. The zero-order chi connectivity index (χ0) is 15.2. The number of hydrogen-bond donors (Lipinski definition) is 1. The second-order valence-electron chi connectivity index (χ2n) is 5.36. The van der Waals surface area contributed by atoms with Gasteiger partial charge in [0, 0.05) is 18.7 Å². The van der Waals surface area contributed by atoms with Crippen LogP contribution in [0.15, 0.2) is 59.7 Å². The molecule has 22 heavy (non-hydrogen) atoms. The maximum Gasteiger partial charge on any atom is 0.253 e. The van der Waals surface area contributed by atoms with E-state index >= 15 is 0 Å². The third-order valence-corrected chi connectivity index (χ3v) is 3.73. The maximum absolute atomic E-state index is 12.2. The van der Waals surface area contributed by atoms with Crippen molar-refractivity contribution in [3.63, 3.8) is 0 Å². The largest absolute Gasteiger partial charge is 0.339 e. The van der Waals surface area contributed by atoms with Gasteiger partial charge in [0.25, 0.3) is 5.91 Å². The van der Waals surface area contributed by atoms with Gasteiger partial charge in [-0.3, -0.25) is 10.2 Å². The molecule has 1 N–H and O–H groups in total. The molecule has 1 saturated heterocycles. The number of hydrazone groups is 1. The van der Waals surface area contributed by atoms with E-state index in [0.717, 1.165) is 42.7 Å². The highest BCUT2D eigenvalue weighted by Gasteiger charge is 2.18. The van der Waals surface area contributed by atoms with Crippen LogP contribution >= 0.6 is 0 Å². The van der Waals surface area contributed by atoms with Gasteiger partial charge >= 0.3 is 0 Å². The molecule has 0 bridgehead atoms. The van der Waals surface area contributed by atoms with Crippen molar-refractivity contribution >= 4 is 17.8 Å². The molecule has 0 saturated carbocycles. The number of carbonyl (C=O) groups excluding carboxylic acids is 1. The average Bonchev–Trinajstić information content (AvgIpc) is 3.10. The van der Waals surface area contributed by atoms with Gasteiger partial charge in [0.2, 0.25) is 0 Å². The molecule has 2 aromatic carbocycles. The van der Waals surface area contributed by atoms with Crippen LogP contribution in [0.3, 0.4) is 0 Å². The predicted molar refractivity (Wildman–Crippen MR) is 89.2 cm³/mol. The van der Waals surface area contributed by atoms with Crippen molar-refractivity contribution in [1.29, 1.82) is 0 Å². The summed E-state index contributed by atoms with van der Waals surface area (Å²) in [7, 11) is 0. The van der Waals surface area contributed by atoms with Gasteiger partial charge in [-0.05, 0) is 42.7 Å². The van der Waals surface area contributed by atoms with Crippen LogP contribution in [0.1, 0.15) is 28.8 Å². The molecule has 1 amide bonds. The van der Waals surface area contributed by atoms with Gasteiger partial charge in [-0.1, -0.05) is 30.3 Å². The van der Waals surface area contributed by atoms with E-state index in [4.69, 9.17) is 0 Å². The minimum Gasteiger partial charge on any atom is -0.339 e. The van der Waals surface area contributed by atoms with E-state index in [1.54, 1.807) is 6.21 Å². The Kier molecular flexibility index (Phi) is 4.49. The summed E-state index contributed by atoms with van der Waals surface area (Å²) < 4.78 is 0. The monoisotopic (exact) mass is 293 g/mol. The smallest absolute Gasteiger partial charge is 0.253 e. The SMILES string of the molecule is O=C(c1ccc(C=NNc2ccccc2)cc1)N1CCCC1. The fourth-order valence-corrected chi connectivity index (χ4v) is 2.51. The Bertz CT molecular complexity index is 644. The highest BCUT2D eigenvalue weighted by atomic mass is 16.2. The number of rotatable bonds is 4. The van der Waals surface area contributed by atoms with E-state index in [1.807, 2.05) is 59.5 Å². The van der Waals surface area contributed by atoms with Crippen LogP contribution in [0, 0.1) is 0 Å². The molecule has 0 radical (unpaired) electrons. The first-order valence-electron chi connectivity index (χ1n) is 7.56. The third-order valence-electron chi connectivity index (χ3n) is 3.73. The van der Waals surface area contributed by atoms with E-state index in [2.05, 4.69) is 10.5 Å². The molecule has 0 aliphatic carbocycles. The summed E-state index contributed by atoms with van der Waals surface area (Å²) in [4.78, 5) is 14.2. The molecule has 4 nitrogen and oxygen atoms in total. The lowest BCUT2D eigenvalue weighted by molar-refractivity contribution is 0.0793. The van der Waals surface area contributed by atoms with Crippen molar-refractivity contribution in [2.24, 2.45) is 5.10 Å². The molecule has 0 unspecified atom stereocenters. The van der Waals surface area contributed by atoms with Crippen LogP contribution in [0.5, 0.6) is 0 Å². The summed E-state index contributed by atoms with van der Waals surface area (Å²) in [5, 5.41) is 4.19. The lowest BCUT2D eigenvalue weighted by Crippen LogP contribution is -2.27. The highest BCUT2D eigenvalue weighted by molar-refractivity contribution is 5.95. The second kappa shape index (κ2) is 6.89. The Morgan fingerprint density at radius 3 is 2.36 bits per heavy atom. The number of amides is 1. The molecule has 0 spiro atoms. The Hall–Kier alpha value is -2.62. The summed E-state index contributed by atoms with van der Waals surface area (Å²) in [5.74, 6) is 0.128. The third kappa shape index (κ3) is 3.52. The molecule has 1 aliphatic heterocycles. The van der Waals surface area contributed by atoms with Crippen LogP contribution in [0.4, 0.5) is 5.69 Å². The number of carbonyl (C=O) groups is 1. The molecule has 112 valence electrons. The van der Waals surface area contributed by atoms with Crippen LogP contribution in [0.2, 0.25) is 0 Å². The van der Waals surface area contributed by atoms with Gasteiger partial charge in [-0.25, -0.2) is 0 Å². The lowest BCUT2D eigenvalue weighted by Gasteiger charge is -2.14. The summed E-state index contributed by atoms with van der Waals surface area (Å²) in [6, 6.07) is 17.3. The summed E-state index contributed by atoms with van der Waals surface area (Å²) in [6.45, 7) is 1.76.